The van der Waals surface area contributed by atoms with Gasteiger partial charge < -0.3 is 4.79 Å². The molecule has 1 nitrogen and oxygen atoms in total. The van der Waals surface area contributed by atoms with Crippen LogP contribution in [-0.2, 0) is 4.79 Å². The summed E-state index contributed by atoms with van der Waals surface area (Å²) in [4.78, 5) is 11.0. The lowest BCUT2D eigenvalue weighted by atomic mass is 9.92. The van der Waals surface area contributed by atoms with Gasteiger partial charge in [-0.3, -0.25) is 0 Å². The Morgan fingerprint density at radius 2 is 1.77 bits per heavy atom. The maximum atomic E-state index is 11.0. The van der Waals surface area contributed by atoms with Gasteiger partial charge in [-0.2, -0.15) is 0 Å². The summed E-state index contributed by atoms with van der Waals surface area (Å²) in [5, 5.41) is 0. The van der Waals surface area contributed by atoms with E-state index in [9.17, 15) is 4.79 Å². The van der Waals surface area contributed by atoms with Gasteiger partial charge in [-0.1, -0.05) is 52.4 Å². The Morgan fingerprint density at radius 3 is 2.23 bits per heavy atom. The molecule has 0 aromatic rings. The van der Waals surface area contributed by atoms with Crippen molar-refractivity contribution in [2.45, 2.75) is 65.7 Å². The summed E-state index contributed by atoms with van der Waals surface area (Å²) in [6.07, 6.45) is 8.39. The molecule has 0 aromatic heterocycles. The lowest BCUT2D eigenvalue weighted by Gasteiger charge is -2.13. The second-order valence-corrected chi connectivity index (χ2v) is 4.06. The summed E-state index contributed by atoms with van der Waals surface area (Å²) in [5.41, 5.74) is 0. The molecule has 13 heavy (non-hydrogen) atoms. The molecule has 0 saturated carbocycles. The molecule has 0 heterocycles. The van der Waals surface area contributed by atoms with Crippen LogP contribution in [0, 0.1) is 5.92 Å². The number of carbonyl (C=O) groups excluding carboxylic acids is 1. The van der Waals surface area contributed by atoms with Crippen molar-refractivity contribution in [1.29, 1.82) is 0 Å². The van der Waals surface area contributed by atoms with Crippen LogP contribution in [0.5, 0.6) is 0 Å². The molecule has 0 N–H and O–H groups in total. The molecular formula is C12H24O. The maximum Gasteiger partial charge on any atom is 0.130 e. The number of ketones is 1. The van der Waals surface area contributed by atoms with E-state index in [1.807, 2.05) is 0 Å². The van der Waals surface area contributed by atoms with Gasteiger partial charge in [0.25, 0.3) is 0 Å². The Labute approximate surface area is 82.9 Å². The smallest absolute Gasteiger partial charge is 0.130 e. The van der Waals surface area contributed by atoms with Gasteiger partial charge in [-0.25, -0.2) is 0 Å². The molecule has 0 aliphatic heterocycles. The van der Waals surface area contributed by atoms with Crippen LogP contribution in [0.15, 0.2) is 0 Å². The zero-order valence-electron chi connectivity index (χ0n) is 9.44. The molecule has 0 amide bonds. The molecule has 0 radical (unpaired) electrons. The van der Waals surface area contributed by atoms with E-state index in [2.05, 4.69) is 13.8 Å². The summed E-state index contributed by atoms with van der Waals surface area (Å²) < 4.78 is 0. The van der Waals surface area contributed by atoms with E-state index in [-0.39, 0.29) is 0 Å². The van der Waals surface area contributed by atoms with Gasteiger partial charge in [0.2, 0.25) is 0 Å². The van der Waals surface area contributed by atoms with Crippen molar-refractivity contribution in [2.24, 2.45) is 5.92 Å². The van der Waals surface area contributed by atoms with Gasteiger partial charge in [-0.05, 0) is 12.8 Å². The van der Waals surface area contributed by atoms with E-state index in [0.29, 0.717) is 11.7 Å². The third-order valence-electron chi connectivity index (χ3n) is 2.49. The second-order valence-electron chi connectivity index (χ2n) is 4.06. The molecule has 0 aliphatic rings. The SMILES string of the molecule is CCCCC[C@@H](CCC)CC(C)=O. The van der Waals surface area contributed by atoms with Crippen LogP contribution in [0.25, 0.3) is 0 Å². The van der Waals surface area contributed by atoms with Crippen molar-refractivity contribution in [3.63, 3.8) is 0 Å². The van der Waals surface area contributed by atoms with Crippen LogP contribution in [-0.4, -0.2) is 5.78 Å². The van der Waals surface area contributed by atoms with Gasteiger partial charge in [0.15, 0.2) is 0 Å². The highest BCUT2D eigenvalue weighted by Gasteiger charge is 2.09. The molecule has 78 valence electrons. The lowest BCUT2D eigenvalue weighted by molar-refractivity contribution is -0.118. The first-order valence-corrected chi connectivity index (χ1v) is 5.70. The lowest BCUT2D eigenvalue weighted by Crippen LogP contribution is -2.05. The van der Waals surface area contributed by atoms with E-state index < -0.39 is 0 Å². The Morgan fingerprint density at radius 1 is 1.08 bits per heavy atom. The van der Waals surface area contributed by atoms with Gasteiger partial charge in [0, 0.05) is 6.42 Å². The molecule has 1 heteroatoms. The molecule has 0 fully saturated rings. The van der Waals surface area contributed by atoms with Crippen molar-refractivity contribution < 1.29 is 4.79 Å². The summed E-state index contributed by atoms with van der Waals surface area (Å²) in [6.45, 7) is 6.13. The van der Waals surface area contributed by atoms with E-state index in [1.165, 1.54) is 38.5 Å². The molecule has 0 saturated heterocycles. The van der Waals surface area contributed by atoms with Crippen LogP contribution >= 0.6 is 0 Å². The molecule has 0 bridgehead atoms. The van der Waals surface area contributed by atoms with Crippen molar-refractivity contribution in [3.8, 4) is 0 Å². The third-order valence-corrected chi connectivity index (χ3v) is 2.49. The summed E-state index contributed by atoms with van der Waals surface area (Å²) in [5.74, 6) is 1.02. The number of carbonyl (C=O) groups is 1. The Kier molecular flexibility index (Phi) is 8.07. The monoisotopic (exact) mass is 184 g/mol. The number of unbranched alkanes of at least 4 members (excludes halogenated alkanes) is 2. The van der Waals surface area contributed by atoms with E-state index in [4.69, 9.17) is 0 Å². The van der Waals surface area contributed by atoms with Crippen molar-refractivity contribution in [2.75, 3.05) is 0 Å². The number of hydrogen-bond donors (Lipinski definition) is 0. The van der Waals surface area contributed by atoms with Crippen molar-refractivity contribution in [3.05, 3.63) is 0 Å². The van der Waals surface area contributed by atoms with Gasteiger partial charge in [0.1, 0.15) is 5.78 Å². The Hall–Kier alpha value is -0.330. The first-order valence-electron chi connectivity index (χ1n) is 5.70. The van der Waals surface area contributed by atoms with Crippen molar-refractivity contribution in [1.82, 2.24) is 0 Å². The fraction of sp³-hybridized carbons (Fsp3) is 0.917. The highest BCUT2D eigenvalue weighted by molar-refractivity contribution is 5.75. The molecule has 0 spiro atoms. The molecule has 0 aromatic carbocycles. The highest BCUT2D eigenvalue weighted by Crippen LogP contribution is 2.19. The fourth-order valence-electron chi connectivity index (χ4n) is 1.85. The van der Waals surface area contributed by atoms with Crippen LogP contribution in [0.1, 0.15) is 65.7 Å². The minimum absolute atomic E-state index is 0.356. The average molecular weight is 184 g/mol. The van der Waals surface area contributed by atoms with E-state index in [0.717, 1.165) is 6.42 Å². The molecule has 0 aliphatic carbocycles. The summed E-state index contributed by atoms with van der Waals surface area (Å²) in [7, 11) is 0. The largest absolute Gasteiger partial charge is 0.300 e. The average Bonchev–Trinajstić information content (AvgIpc) is 2.04. The normalized spacial score (nSPS) is 12.8. The van der Waals surface area contributed by atoms with Gasteiger partial charge in [-0.15, -0.1) is 0 Å². The van der Waals surface area contributed by atoms with Crippen LogP contribution in [0.4, 0.5) is 0 Å². The third kappa shape index (κ3) is 8.01. The minimum atomic E-state index is 0.356. The summed E-state index contributed by atoms with van der Waals surface area (Å²) in [6, 6.07) is 0. The molecular weight excluding hydrogens is 160 g/mol. The Balaban J connectivity index is 3.59. The fourth-order valence-corrected chi connectivity index (χ4v) is 1.85. The molecule has 0 unspecified atom stereocenters. The number of hydrogen-bond acceptors (Lipinski definition) is 1. The standard InChI is InChI=1S/C12H24O/c1-4-6-7-9-12(8-5-2)10-11(3)13/h12H,4-10H2,1-3H3/t12-/m1/s1. The first kappa shape index (κ1) is 12.7. The number of Topliss-reactive ketones (excluding diaryl/α,β-unsaturated/α-hetero) is 1. The number of rotatable bonds is 8. The zero-order valence-corrected chi connectivity index (χ0v) is 9.44. The van der Waals surface area contributed by atoms with Gasteiger partial charge >= 0.3 is 0 Å². The predicted octanol–water partition coefficient (Wildman–Crippen LogP) is 3.96. The zero-order chi connectivity index (χ0) is 10.1. The molecule has 0 rings (SSSR count). The van der Waals surface area contributed by atoms with Crippen molar-refractivity contribution >= 4 is 5.78 Å². The maximum absolute atomic E-state index is 11.0. The quantitative estimate of drug-likeness (QED) is 0.522. The topological polar surface area (TPSA) is 17.1 Å². The second kappa shape index (κ2) is 8.28. The van der Waals surface area contributed by atoms with E-state index in [1.54, 1.807) is 6.92 Å². The highest BCUT2D eigenvalue weighted by atomic mass is 16.1. The Bertz CT molecular complexity index is 129. The van der Waals surface area contributed by atoms with Crippen LogP contribution in [0.3, 0.4) is 0 Å². The minimum Gasteiger partial charge on any atom is -0.300 e. The first-order chi connectivity index (χ1) is 6.20. The predicted molar refractivity (Wildman–Crippen MR) is 57.8 cm³/mol. The van der Waals surface area contributed by atoms with E-state index >= 15 is 0 Å². The van der Waals surface area contributed by atoms with Crippen LogP contribution in [0.2, 0.25) is 0 Å². The van der Waals surface area contributed by atoms with Crippen LogP contribution < -0.4 is 0 Å². The van der Waals surface area contributed by atoms with Gasteiger partial charge in [0.05, 0.1) is 0 Å². The summed E-state index contributed by atoms with van der Waals surface area (Å²) >= 11 is 0. The molecule has 1 atom stereocenters.